The van der Waals surface area contributed by atoms with Crippen molar-refractivity contribution in [2.45, 2.75) is 26.2 Å². The molecule has 0 aliphatic heterocycles. The zero-order valence-corrected chi connectivity index (χ0v) is 18.5. The predicted octanol–water partition coefficient (Wildman–Crippen LogP) is 3.56. The van der Waals surface area contributed by atoms with Gasteiger partial charge in [0.25, 0.3) is 0 Å². The third-order valence-electron chi connectivity index (χ3n) is 4.83. The lowest BCUT2D eigenvalue weighted by Crippen LogP contribution is -2.36. The maximum absolute atomic E-state index is 13.2. The molecular weight excluding hydrogens is 421 g/mol. The van der Waals surface area contributed by atoms with Gasteiger partial charge in [-0.3, -0.25) is 14.0 Å². The van der Waals surface area contributed by atoms with Crippen LogP contribution in [0.4, 0.5) is 4.39 Å². The summed E-state index contributed by atoms with van der Waals surface area (Å²) in [5, 5.41) is 2.02. The monoisotopic (exact) mass is 447 g/mol. The van der Waals surface area contributed by atoms with E-state index >= 15 is 0 Å². The van der Waals surface area contributed by atoms with Gasteiger partial charge >= 0.3 is 5.97 Å². The summed E-state index contributed by atoms with van der Waals surface area (Å²) >= 11 is 1.52. The standard InChI is InChI=1S/C22H26FN3O4S/c1-3-30-21(28)9-8-20(27)25(12-13-29-2)11-10-18-15-31-22-24-19(14-26(18)22)16-4-6-17(23)7-5-16/h4-7,14-15H,3,8-13H2,1-2H3. The number of thiazole rings is 1. The Bertz CT molecular complexity index is 1020. The Balaban J connectivity index is 1.66. The van der Waals surface area contributed by atoms with Crippen LogP contribution in [0, 0.1) is 5.82 Å². The van der Waals surface area contributed by atoms with Crippen LogP contribution in [-0.2, 0) is 25.5 Å². The van der Waals surface area contributed by atoms with Crippen LogP contribution in [-0.4, -0.2) is 59.6 Å². The van der Waals surface area contributed by atoms with E-state index in [2.05, 4.69) is 4.98 Å². The molecule has 9 heteroatoms. The van der Waals surface area contributed by atoms with Gasteiger partial charge in [-0.15, -0.1) is 11.3 Å². The van der Waals surface area contributed by atoms with Crippen molar-refractivity contribution in [3.05, 3.63) is 47.4 Å². The topological polar surface area (TPSA) is 73.1 Å². The summed E-state index contributed by atoms with van der Waals surface area (Å²) in [6, 6.07) is 6.24. The molecule has 0 bridgehead atoms. The second-order valence-corrected chi connectivity index (χ2v) is 7.78. The van der Waals surface area contributed by atoms with Crippen molar-refractivity contribution in [3.8, 4) is 11.3 Å². The highest BCUT2D eigenvalue weighted by atomic mass is 32.1. The molecule has 0 atom stereocenters. The maximum Gasteiger partial charge on any atom is 0.306 e. The molecule has 0 aliphatic rings. The van der Waals surface area contributed by atoms with Gasteiger partial charge in [-0.25, -0.2) is 9.37 Å². The van der Waals surface area contributed by atoms with Gasteiger partial charge in [0.1, 0.15) is 5.82 Å². The van der Waals surface area contributed by atoms with Gasteiger partial charge in [0, 0.05) is 55.9 Å². The first-order valence-electron chi connectivity index (χ1n) is 10.2. The number of amides is 1. The number of hydrogen-bond acceptors (Lipinski definition) is 6. The third kappa shape index (κ3) is 6.11. The lowest BCUT2D eigenvalue weighted by molar-refractivity contribution is -0.145. The average Bonchev–Trinajstić information content (AvgIpc) is 3.34. The lowest BCUT2D eigenvalue weighted by atomic mass is 10.2. The number of fused-ring (bicyclic) bond motifs is 1. The second kappa shape index (κ2) is 11.0. The Morgan fingerprint density at radius 1 is 1.19 bits per heavy atom. The van der Waals surface area contributed by atoms with Crippen LogP contribution in [0.5, 0.6) is 0 Å². The molecule has 0 spiro atoms. The molecule has 0 saturated heterocycles. The highest BCUT2D eigenvalue weighted by Gasteiger charge is 2.17. The highest BCUT2D eigenvalue weighted by molar-refractivity contribution is 7.15. The highest BCUT2D eigenvalue weighted by Crippen LogP contribution is 2.24. The average molecular weight is 448 g/mol. The molecule has 1 aromatic carbocycles. The number of esters is 1. The van der Waals surface area contributed by atoms with E-state index in [0.29, 0.717) is 32.7 Å². The number of imidazole rings is 1. The van der Waals surface area contributed by atoms with Crippen LogP contribution in [0.25, 0.3) is 16.2 Å². The van der Waals surface area contributed by atoms with Crippen LogP contribution in [0.15, 0.2) is 35.8 Å². The Hall–Kier alpha value is -2.78. The second-order valence-electron chi connectivity index (χ2n) is 6.94. The quantitative estimate of drug-likeness (QED) is 0.420. The molecule has 0 N–H and O–H groups in total. The fourth-order valence-electron chi connectivity index (χ4n) is 3.18. The first-order chi connectivity index (χ1) is 15.0. The molecule has 31 heavy (non-hydrogen) atoms. The molecule has 0 aliphatic carbocycles. The normalized spacial score (nSPS) is 11.1. The molecule has 166 valence electrons. The molecule has 2 heterocycles. The first kappa shape index (κ1) is 22.9. The van der Waals surface area contributed by atoms with Crippen molar-refractivity contribution in [1.29, 1.82) is 0 Å². The molecule has 2 aromatic heterocycles. The minimum atomic E-state index is -0.367. The van der Waals surface area contributed by atoms with Gasteiger partial charge in [-0.05, 0) is 31.2 Å². The van der Waals surface area contributed by atoms with Crippen LogP contribution >= 0.6 is 11.3 Å². The van der Waals surface area contributed by atoms with E-state index in [9.17, 15) is 14.0 Å². The van der Waals surface area contributed by atoms with Crippen LogP contribution in [0.3, 0.4) is 0 Å². The molecule has 1 amide bonds. The molecule has 3 aromatic rings. The number of carbonyl (C=O) groups is 2. The summed E-state index contributed by atoms with van der Waals surface area (Å²) in [6.07, 6.45) is 2.74. The summed E-state index contributed by atoms with van der Waals surface area (Å²) in [4.78, 5) is 31.3. The summed E-state index contributed by atoms with van der Waals surface area (Å²) in [6.45, 7) is 3.42. The number of rotatable bonds is 11. The minimum Gasteiger partial charge on any atom is -0.466 e. The van der Waals surface area contributed by atoms with E-state index in [1.165, 1.54) is 23.5 Å². The maximum atomic E-state index is 13.2. The summed E-state index contributed by atoms with van der Waals surface area (Å²) in [5.74, 6) is -0.753. The van der Waals surface area contributed by atoms with Gasteiger partial charge in [-0.1, -0.05) is 0 Å². The molecule has 7 nitrogen and oxygen atoms in total. The van der Waals surface area contributed by atoms with E-state index in [1.54, 1.807) is 31.1 Å². The molecule has 0 radical (unpaired) electrons. The zero-order chi connectivity index (χ0) is 22.2. The van der Waals surface area contributed by atoms with Gasteiger partial charge in [0.15, 0.2) is 4.96 Å². The van der Waals surface area contributed by atoms with E-state index in [1.807, 2.05) is 16.0 Å². The Morgan fingerprint density at radius 3 is 2.68 bits per heavy atom. The van der Waals surface area contributed by atoms with Gasteiger partial charge in [0.05, 0.1) is 25.3 Å². The van der Waals surface area contributed by atoms with Crippen molar-refractivity contribution >= 4 is 28.2 Å². The number of benzene rings is 1. The van der Waals surface area contributed by atoms with Crippen LogP contribution < -0.4 is 0 Å². The SMILES string of the molecule is CCOC(=O)CCC(=O)N(CCOC)CCc1csc2nc(-c3ccc(F)cc3)cn12. The lowest BCUT2D eigenvalue weighted by Gasteiger charge is -2.22. The van der Waals surface area contributed by atoms with Crippen LogP contribution in [0.2, 0.25) is 0 Å². The van der Waals surface area contributed by atoms with Crippen molar-refractivity contribution < 1.29 is 23.5 Å². The molecule has 0 unspecified atom stereocenters. The Labute approximate surface area is 184 Å². The van der Waals surface area contributed by atoms with Crippen molar-refractivity contribution in [2.24, 2.45) is 0 Å². The third-order valence-corrected chi connectivity index (χ3v) is 5.72. The number of aromatic nitrogens is 2. The Kier molecular flexibility index (Phi) is 8.13. The predicted molar refractivity (Wildman–Crippen MR) is 116 cm³/mol. The molecule has 0 saturated carbocycles. The van der Waals surface area contributed by atoms with Crippen molar-refractivity contribution in [1.82, 2.24) is 14.3 Å². The number of ether oxygens (including phenoxy) is 2. The first-order valence-corrected chi connectivity index (χ1v) is 11.0. The number of carbonyl (C=O) groups excluding carboxylic acids is 2. The number of halogens is 1. The summed E-state index contributed by atoms with van der Waals surface area (Å²) in [5.41, 5.74) is 2.65. The summed E-state index contributed by atoms with van der Waals surface area (Å²) in [7, 11) is 1.59. The molecule has 3 rings (SSSR count). The molecule has 0 fully saturated rings. The van der Waals surface area contributed by atoms with E-state index in [0.717, 1.165) is 21.9 Å². The number of methoxy groups -OCH3 is 1. The number of hydrogen-bond donors (Lipinski definition) is 0. The smallest absolute Gasteiger partial charge is 0.306 e. The minimum absolute atomic E-state index is 0.0708. The largest absolute Gasteiger partial charge is 0.466 e. The fraction of sp³-hybridized carbons (Fsp3) is 0.409. The molecular formula is C22H26FN3O4S. The van der Waals surface area contributed by atoms with E-state index < -0.39 is 0 Å². The van der Waals surface area contributed by atoms with Gasteiger partial charge in [-0.2, -0.15) is 0 Å². The van der Waals surface area contributed by atoms with Crippen molar-refractivity contribution in [2.75, 3.05) is 33.4 Å². The Morgan fingerprint density at radius 2 is 1.97 bits per heavy atom. The van der Waals surface area contributed by atoms with E-state index in [4.69, 9.17) is 9.47 Å². The summed E-state index contributed by atoms with van der Waals surface area (Å²) < 4.78 is 25.2. The zero-order valence-electron chi connectivity index (χ0n) is 17.7. The van der Waals surface area contributed by atoms with E-state index in [-0.39, 0.29) is 30.5 Å². The van der Waals surface area contributed by atoms with Crippen LogP contribution in [0.1, 0.15) is 25.5 Å². The van der Waals surface area contributed by atoms with Gasteiger partial charge < -0.3 is 14.4 Å². The van der Waals surface area contributed by atoms with Crippen molar-refractivity contribution in [3.63, 3.8) is 0 Å². The van der Waals surface area contributed by atoms with Gasteiger partial charge in [0.2, 0.25) is 5.91 Å². The number of nitrogens with zero attached hydrogens (tertiary/aromatic N) is 3. The fourth-order valence-corrected chi connectivity index (χ4v) is 4.09.